The summed E-state index contributed by atoms with van der Waals surface area (Å²) in [6.07, 6.45) is 3.15. The largest absolute Gasteiger partial charge is 0.394 e. The fourth-order valence-electron chi connectivity index (χ4n) is 2.20. The summed E-state index contributed by atoms with van der Waals surface area (Å²) in [6.45, 7) is 1.25. The minimum atomic E-state index is -0.0756. The molecule has 1 heterocycles. The van der Waals surface area contributed by atoms with Gasteiger partial charge >= 0.3 is 0 Å². The highest BCUT2D eigenvalue weighted by Gasteiger charge is 2.32. The molecule has 1 fully saturated rings. The molecule has 1 unspecified atom stereocenters. The van der Waals surface area contributed by atoms with Gasteiger partial charge in [0.2, 0.25) is 0 Å². The molecule has 1 aliphatic rings. The molecule has 1 saturated heterocycles. The maximum absolute atomic E-state index is 9.46. The summed E-state index contributed by atoms with van der Waals surface area (Å²) >= 11 is 3.42. The molecule has 3 heteroatoms. The van der Waals surface area contributed by atoms with Crippen molar-refractivity contribution >= 4 is 15.9 Å². The monoisotopic (exact) mass is 269 g/mol. The van der Waals surface area contributed by atoms with Gasteiger partial charge < -0.3 is 10.4 Å². The van der Waals surface area contributed by atoms with Crippen molar-refractivity contribution in [3.05, 3.63) is 34.3 Å². The summed E-state index contributed by atoms with van der Waals surface area (Å²) in [4.78, 5) is 0. The average Bonchev–Trinajstić information content (AvgIpc) is 2.71. The standard InChI is InChI=1S/C12H16BrNO/c13-11-4-2-10(3-5-11)8-12(9-15)6-1-7-14-12/h2-5,14-15H,1,6-9H2. The van der Waals surface area contributed by atoms with Crippen LogP contribution in [0.15, 0.2) is 28.7 Å². The Balaban J connectivity index is 2.09. The van der Waals surface area contributed by atoms with E-state index in [1.807, 2.05) is 0 Å². The molecule has 1 aliphatic heterocycles. The van der Waals surface area contributed by atoms with E-state index in [1.165, 1.54) is 5.56 Å². The van der Waals surface area contributed by atoms with Crippen LogP contribution >= 0.6 is 15.9 Å². The Morgan fingerprint density at radius 1 is 1.33 bits per heavy atom. The number of halogens is 1. The van der Waals surface area contributed by atoms with Gasteiger partial charge in [0.05, 0.1) is 6.61 Å². The van der Waals surface area contributed by atoms with Crippen molar-refractivity contribution in [1.82, 2.24) is 5.32 Å². The fraction of sp³-hybridized carbons (Fsp3) is 0.500. The van der Waals surface area contributed by atoms with E-state index in [2.05, 4.69) is 45.5 Å². The van der Waals surface area contributed by atoms with E-state index in [-0.39, 0.29) is 12.1 Å². The Labute approximate surface area is 98.8 Å². The van der Waals surface area contributed by atoms with E-state index in [4.69, 9.17) is 0 Å². The number of benzene rings is 1. The number of hydrogen-bond donors (Lipinski definition) is 2. The van der Waals surface area contributed by atoms with Gasteiger partial charge in [0, 0.05) is 10.0 Å². The van der Waals surface area contributed by atoms with E-state index in [9.17, 15) is 5.11 Å². The minimum Gasteiger partial charge on any atom is -0.394 e. The second-order valence-electron chi connectivity index (χ2n) is 4.27. The number of rotatable bonds is 3. The van der Waals surface area contributed by atoms with Crippen molar-refractivity contribution < 1.29 is 5.11 Å². The lowest BCUT2D eigenvalue weighted by Crippen LogP contribution is -2.45. The Morgan fingerprint density at radius 3 is 2.60 bits per heavy atom. The zero-order valence-electron chi connectivity index (χ0n) is 8.67. The molecule has 15 heavy (non-hydrogen) atoms. The molecular weight excluding hydrogens is 254 g/mol. The normalized spacial score (nSPS) is 25.7. The van der Waals surface area contributed by atoms with Crippen LogP contribution in [0, 0.1) is 0 Å². The number of hydrogen-bond acceptors (Lipinski definition) is 2. The summed E-state index contributed by atoms with van der Waals surface area (Å²) in [5.41, 5.74) is 1.20. The van der Waals surface area contributed by atoms with Gasteiger partial charge in [-0.15, -0.1) is 0 Å². The second kappa shape index (κ2) is 4.64. The lowest BCUT2D eigenvalue weighted by molar-refractivity contribution is 0.177. The predicted octanol–water partition coefficient (Wildman–Crippen LogP) is 2.11. The number of nitrogens with one attached hydrogen (secondary N) is 1. The van der Waals surface area contributed by atoms with Gasteiger partial charge in [0.25, 0.3) is 0 Å². The van der Waals surface area contributed by atoms with Crippen LogP contribution in [0.3, 0.4) is 0 Å². The molecule has 2 N–H and O–H groups in total. The highest BCUT2D eigenvalue weighted by Crippen LogP contribution is 2.24. The Hall–Kier alpha value is -0.380. The smallest absolute Gasteiger partial charge is 0.0616 e. The van der Waals surface area contributed by atoms with Crippen LogP contribution in [0.1, 0.15) is 18.4 Å². The maximum atomic E-state index is 9.46. The average molecular weight is 270 g/mol. The van der Waals surface area contributed by atoms with Crippen molar-refractivity contribution in [3.8, 4) is 0 Å². The van der Waals surface area contributed by atoms with Crippen LogP contribution in [-0.2, 0) is 6.42 Å². The predicted molar refractivity (Wildman–Crippen MR) is 64.9 cm³/mol. The van der Waals surface area contributed by atoms with E-state index in [1.54, 1.807) is 0 Å². The molecule has 1 atom stereocenters. The van der Waals surface area contributed by atoms with Gasteiger partial charge in [-0.05, 0) is 43.5 Å². The van der Waals surface area contributed by atoms with Crippen molar-refractivity contribution in [1.29, 1.82) is 0 Å². The van der Waals surface area contributed by atoms with Gasteiger partial charge in [-0.3, -0.25) is 0 Å². The Morgan fingerprint density at radius 2 is 2.07 bits per heavy atom. The van der Waals surface area contributed by atoms with Crippen molar-refractivity contribution in [2.45, 2.75) is 24.8 Å². The highest BCUT2D eigenvalue weighted by atomic mass is 79.9. The topological polar surface area (TPSA) is 32.3 Å². The molecule has 0 bridgehead atoms. The Kier molecular flexibility index (Phi) is 3.44. The van der Waals surface area contributed by atoms with Gasteiger partial charge in [0.1, 0.15) is 0 Å². The summed E-state index contributed by atoms with van der Waals surface area (Å²) in [6, 6.07) is 8.33. The molecule has 0 aliphatic carbocycles. The molecule has 2 rings (SSSR count). The fourth-order valence-corrected chi connectivity index (χ4v) is 2.47. The second-order valence-corrected chi connectivity index (χ2v) is 5.19. The first-order chi connectivity index (χ1) is 7.24. The third kappa shape index (κ3) is 2.60. The van der Waals surface area contributed by atoms with E-state index in [0.717, 1.165) is 30.3 Å². The molecule has 2 nitrogen and oxygen atoms in total. The van der Waals surface area contributed by atoms with Crippen LogP contribution in [0.2, 0.25) is 0 Å². The molecule has 0 amide bonds. The summed E-state index contributed by atoms with van der Waals surface area (Å²) < 4.78 is 1.10. The maximum Gasteiger partial charge on any atom is 0.0616 e. The molecule has 0 aromatic heterocycles. The number of aliphatic hydroxyl groups excluding tert-OH is 1. The van der Waals surface area contributed by atoms with Crippen molar-refractivity contribution in [2.75, 3.05) is 13.2 Å². The molecular formula is C12H16BrNO. The zero-order valence-corrected chi connectivity index (χ0v) is 10.3. The quantitative estimate of drug-likeness (QED) is 0.881. The van der Waals surface area contributed by atoms with Crippen LogP contribution in [0.4, 0.5) is 0 Å². The SMILES string of the molecule is OCC1(Cc2ccc(Br)cc2)CCCN1. The molecule has 1 aromatic rings. The van der Waals surface area contributed by atoms with Crippen LogP contribution in [0.5, 0.6) is 0 Å². The number of aliphatic hydroxyl groups is 1. The molecule has 0 radical (unpaired) electrons. The van der Waals surface area contributed by atoms with E-state index in [0.29, 0.717) is 0 Å². The minimum absolute atomic E-state index is 0.0756. The Bertz CT molecular complexity index is 317. The van der Waals surface area contributed by atoms with Crippen LogP contribution < -0.4 is 5.32 Å². The third-order valence-corrected chi connectivity index (χ3v) is 3.62. The van der Waals surface area contributed by atoms with Gasteiger partial charge in [-0.2, -0.15) is 0 Å². The lowest BCUT2D eigenvalue weighted by Gasteiger charge is -2.27. The molecule has 0 spiro atoms. The van der Waals surface area contributed by atoms with Gasteiger partial charge in [-0.25, -0.2) is 0 Å². The van der Waals surface area contributed by atoms with Gasteiger partial charge in [-0.1, -0.05) is 28.1 Å². The third-order valence-electron chi connectivity index (χ3n) is 3.09. The lowest BCUT2D eigenvalue weighted by atomic mass is 9.90. The summed E-state index contributed by atoms with van der Waals surface area (Å²) in [7, 11) is 0. The first kappa shape index (κ1) is 11.1. The van der Waals surface area contributed by atoms with Gasteiger partial charge in [0.15, 0.2) is 0 Å². The van der Waals surface area contributed by atoms with Crippen molar-refractivity contribution in [3.63, 3.8) is 0 Å². The molecule has 0 saturated carbocycles. The first-order valence-electron chi connectivity index (χ1n) is 5.34. The molecule has 1 aromatic carbocycles. The van der Waals surface area contributed by atoms with Crippen molar-refractivity contribution in [2.24, 2.45) is 0 Å². The van der Waals surface area contributed by atoms with Crippen LogP contribution in [-0.4, -0.2) is 23.8 Å². The van der Waals surface area contributed by atoms with Crippen LogP contribution in [0.25, 0.3) is 0 Å². The highest BCUT2D eigenvalue weighted by molar-refractivity contribution is 9.10. The summed E-state index contributed by atoms with van der Waals surface area (Å²) in [5, 5.41) is 12.9. The van der Waals surface area contributed by atoms with E-state index >= 15 is 0 Å². The first-order valence-corrected chi connectivity index (χ1v) is 6.14. The van der Waals surface area contributed by atoms with E-state index < -0.39 is 0 Å². The zero-order chi connectivity index (χ0) is 10.7. The molecule has 82 valence electrons. The summed E-state index contributed by atoms with van der Waals surface area (Å²) in [5.74, 6) is 0.